The first-order valence-corrected chi connectivity index (χ1v) is 11.1. The van der Waals surface area contributed by atoms with Gasteiger partial charge in [-0.2, -0.15) is 0 Å². The minimum atomic E-state index is -1.11. The molecular weight excluding hydrogens is 484 g/mol. The second-order valence-corrected chi connectivity index (χ2v) is 8.14. The molecule has 0 aliphatic rings. The van der Waals surface area contributed by atoms with Gasteiger partial charge < -0.3 is 19.1 Å². The van der Waals surface area contributed by atoms with Crippen LogP contribution in [0.5, 0.6) is 5.75 Å². The molecule has 6 nitrogen and oxygen atoms in total. The first-order valence-electron chi connectivity index (χ1n) is 9.94. The fourth-order valence-electron chi connectivity index (χ4n) is 3.09. The van der Waals surface area contributed by atoms with Crippen molar-refractivity contribution in [3.8, 4) is 5.75 Å². The van der Waals surface area contributed by atoms with Crippen LogP contribution in [0.25, 0.3) is 0 Å². The zero-order chi connectivity index (χ0) is 22.4. The first-order chi connectivity index (χ1) is 14.9. The van der Waals surface area contributed by atoms with Gasteiger partial charge in [-0.05, 0) is 57.7 Å². The topological polar surface area (TPSA) is 73.6 Å². The third-order valence-electron chi connectivity index (χ3n) is 4.82. The maximum Gasteiger partial charge on any atom is 0.357 e. The molecule has 0 bridgehead atoms. The van der Waals surface area contributed by atoms with Crippen molar-refractivity contribution in [1.82, 2.24) is 9.55 Å². The Morgan fingerprint density at radius 1 is 1.19 bits per heavy atom. The van der Waals surface area contributed by atoms with Crippen LogP contribution in [0.2, 0.25) is 5.02 Å². The predicted molar refractivity (Wildman–Crippen MR) is 123 cm³/mol. The van der Waals surface area contributed by atoms with Crippen LogP contribution in [-0.4, -0.2) is 34.3 Å². The Labute approximate surface area is 194 Å². The molecule has 0 radical (unpaired) electrons. The van der Waals surface area contributed by atoms with Crippen LogP contribution >= 0.6 is 27.5 Å². The quantitative estimate of drug-likeness (QED) is 0.310. The van der Waals surface area contributed by atoms with Gasteiger partial charge in [0.25, 0.3) is 0 Å². The van der Waals surface area contributed by atoms with E-state index in [1.807, 2.05) is 31.2 Å². The van der Waals surface area contributed by atoms with Crippen LogP contribution in [0.4, 0.5) is 0 Å². The normalized spacial score (nSPS) is 11.9. The molecule has 1 aromatic heterocycles. The number of aliphatic hydroxyl groups excluding tert-OH is 1. The van der Waals surface area contributed by atoms with Crippen molar-refractivity contribution in [2.75, 3.05) is 13.7 Å². The van der Waals surface area contributed by atoms with Gasteiger partial charge in [-0.3, -0.25) is 0 Å². The van der Waals surface area contributed by atoms with E-state index in [-0.39, 0.29) is 11.4 Å². The average Bonchev–Trinajstić information content (AvgIpc) is 3.10. The summed E-state index contributed by atoms with van der Waals surface area (Å²) in [5.41, 5.74) is 1.95. The number of aromatic nitrogens is 2. The highest BCUT2D eigenvalue weighted by Gasteiger charge is 2.28. The fourth-order valence-corrected chi connectivity index (χ4v) is 3.71. The van der Waals surface area contributed by atoms with Crippen LogP contribution in [-0.2, 0) is 11.3 Å². The molecule has 0 fully saturated rings. The molecule has 164 valence electrons. The number of halogens is 2. The number of aliphatic hydroxyl groups is 1. The number of esters is 1. The molecule has 31 heavy (non-hydrogen) atoms. The summed E-state index contributed by atoms with van der Waals surface area (Å²) in [5, 5.41) is 11.5. The molecule has 0 aliphatic carbocycles. The van der Waals surface area contributed by atoms with Gasteiger partial charge in [-0.25, -0.2) is 9.78 Å². The van der Waals surface area contributed by atoms with Crippen molar-refractivity contribution in [1.29, 1.82) is 0 Å². The summed E-state index contributed by atoms with van der Waals surface area (Å²) in [6, 6.07) is 14.3. The van der Waals surface area contributed by atoms with E-state index in [0.717, 1.165) is 24.2 Å². The Kier molecular flexibility index (Phi) is 8.12. The van der Waals surface area contributed by atoms with E-state index in [1.165, 1.54) is 0 Å². The highest BCUT2D eigenvalue weighted by atomic mass is 79.9. The second-order valence-electron chi connectivity index (χ2n) is 6.99. The number of imidazole rings is 1. The Balaban J connectivity index is 2.00. The van der Waals surface area contributed by atoms with Crippen molar-refractivity contribution in [3.05, 3.63) is 80.8 Å². The number of ether oxygens (including phenoxy) is 2. The SMILES string of the molecule is CCCCOC(=O)c1c(C(O)c2ccc(Cl)cc2)nc(Br)n1Cc1ccc(OC)cc1. The van der Waals surface area contributed by atoms with Crippen molar-refractivity contribution >= 4 is 33.5 Å². The van der Waals surface area contributed by atoms with Crippen LogP contribution in [0.15, 0.2) is 53.3 Å². The molecule has 2 aromatic carbocycles. The summed E-state index contributed by atoms with van der Waals surface area (Å²) in [6.45, 7) is 2.69. The molecule has 0 amide bonds. The highest BCUT2D eigenvalue weighted by Crippen LogP contribution is 2.30. The lowest BCUT2D eigenvalue weighted by molar-refractivity contribution is 0.0481. The fraction of sp³-hybridized carbons (Fsp3) is 0.304. The summed E-state index contributed by atoms with van der Waals surface area (Å²) in [4.78, 5) is 17.5. The molecule has 1 unspecified atom stereocenters. The molecule has 0 saturated carbocycles. The van der Waals surface area contributed by atoms with Crippen LogP contribution < -0.4 is 4.74 Å². The van der Waals surface area contributed by atoms with Gasteiger partial charge in [0.15, 0.2) is 10.4 Å². The van der Waals surface area contributed by atoms with Crippen LogP contribution in [0, 0.1) is 0 Å². The Bertz CT molecular complexity index is 1020. The van der Waals surface area contributed by atoms with E-state index < -0.39 is 12.1 Å². The molecule has 3 aromatic rings. The molecule has 1 heterocycles. The van der Waals surface area contributed by atoms with Gasteiger partial charge in [0.2, 0.25) is 0 Å². The number of hydrogen-bond acceptors (Lipinski definition) is 5. The summed E-state index contributed by atoms with van der Waals surface area (Å²) >= 11 is 9.41. The molecule has 0 saturated heterocycles. The number of hydrogen-bond donors (Lipinski definition) is 1. The first kappa shape index (κ1) is 23.3. The minimum Gasteiger partial charge on any atom is -0.497 e. The lowest BCUT2D eigenvalue weighted by Gasteiger charge is -2.14. The van der Waals surface area contributed by atoms with Crippen molar-refractivity contribution < 1.29 is 19.4 Å². The highest BCUT2D eigenvalue weighted by molar-refractivity contribution is 9.10. The third kappa shape index (κ3) is 5.67. The van der Waals surface area contributed by atoms with Crippen molar-refractivity contribution in [2.24, 2.45) is 0 Å². The zero-order valence-electron chi connectivity index (χ0n) is 17.3. The minimum absolute atomic E-state index is 0.209. The van der Waals surface area contributed by atoms with Gasteiger partial charge in [0.05, 0.1) is 20.3 Å². The van der Waals surface area contributed by atoms with E-state index in [2.05, 4.69) is 20.9 Å². The number of unbranched alkanes of at least 4 members (excludes halogenated alkanes) is 1. The maximum atomic E-state index is 13.0. The number of carbonyl (C=O) groups excluding carboxylic acids is 1. The molecule has 3 rings (SSSR count). The maximum absolute atomic E-state index is 13.0. The number of rotatable bonds is 9. The lowest BCUT2D eigenvalue weighted by atomic mass is 10.1. The average molecular weight is 508 g/mol. The number of methoxy groups -OCH3 is 1. The van der Waals surface area contributed by atoms with Crippen LogP contribution in [0.3, 0.4) is 0 Å². The molecule has 0 aliphatic heterocycles. The largest absolute Gasteiger partial charge is 0.497 e. The smallest absolute Gasteiger partial charge is 0.357 e. The zero-order valence-corrected chi connectivity index (χ0v) is 19.7. The van der Waals surface area contributed by atoms with E-state index in [4.69, 9.17) is 21.1 Å². The number of benzene rings is 2. The Morgan fingerprint density at radius 2 is 1.87 bits per heavy atom. The summed E-state index contributed by atoms with van der Waals surface area (Å²) in [6.07, 6.45) is 0.552. The molecule has 1 N–H and O–H groups in total. The van der Waals surface area contributed by atoms with Gasteiger partial charge in [0, 0.05) is 5.02 Å². The Hall–Kier alpha value is -2.35. The van der Waals surface area contributed by atoms with Gasteiger partial charge in [-0.15, -0.1) is 0 Å². The predicted octanol–water partition coefficient (Wildman–Crippen LogP) is 5.39. The molecule has 8 heteroatoms. The summed E-state index contributed by atoms with van der Waals surface area (Å²) in [7, 11) is 1.61. The lowest BCUT2D eigenvalue weighted by Crippen LogP contribution is -2.17. The summed E-state index contributed by atoms with van der Waals surface area (Å²) in [5.74, 6) is 0.217. The number of carbonyl (C=O) groups is 1. The number of nitrogens with zero attached hydrogens (tertiary/aromatic N) is 2. The van der Waals surface area contributed by atoms with Crippen molar-refractivity contribution in [3.63, 3.8) is 0 Å². The van der Waals surface area contributed by atoms with Crippen LogP contribution in [0.1, 0.15) is 53.2 Å². The van der Waals surface area contributed by atoms with Crippen molar-refractivity contribution in [2.45, 2.75) is 32.4 Å². The van der Waals surface area contributed by atoms with Gasteiger partial charge in [-0.1, -0.05) is 49.2 Å². The standard InChI is InChI=1S/C23H24BrClN2O4/c1-3-4-13-31-22(29)20-19(21(28)16-7-9-17(25)10-8-16)26-23(24)27(20)14-15-5-11-18(30-2)12-6-15/h5-12,21,28H,3-4,13-14H2,1-2H3. The molecule has 0 spiro atoms. The van der Waals surface area contributed by atoms with E-state index >= 15 is 0 Å². The summed E-state index contributed by atoms with van der Waals surface area (Å²) < 4.78 is 12.8. The molecule has 1 atom stereocenters. The van der Waals surface area contributed by atoms with E-state index in [1.54, 1.807) is 35.9 Å². The monoisotopic (exact) mass is 506 g/mol. The molecular formula is C23H24BrClN2O4. The third-order valence-corrected chi connectivity index (χ3v) is 5.67. The van der Waals surface area contributed by atoms with Gasteiger partial charge >= 0.3 is 5.97 Å². The van der Waals surface area contributed by atoms with E-state index in [0.29, 0.717) is 28.5 Å². The Morgan fingerprint density at radius 3 is 2.48 bits per heavy atom. The van der Waals surface area contributed by atoms with Gasteiger partial charge in [0.1, 0.15) is 17.5 Å². The second kappa shape index (κ2) is 10.8. The van der Waals surface area contributed by atoms with E-state index in [9.17, 15) is 9.90 Å².